The summed E-state index contributed by atoms with van der Waals surface area (Å²) in [5, 5.41) is 2.79. The van der Waals surface area contributed by atoms with Crippen LogP contribution in [0.25, 0.3) is 4.48 Å². The van der Waals surface area contributed by atoms with E-state index < -0.39 is 0 Å². The Morgan fingerprint density at radius 2 is 1.94 bits per heavy atom. The highest BCUT2D eigenvalue weighted by Gasteiger charge is 2.28. The summed E-state index contributed by atoms with van der Waals surface area (Å²) in [5.41, 5.74) is 3.01. The number of anilines is 1. The highest BCUT2D eigenvalue weighted by atomic mass is 79.9. The Hall–Kier alpha value is 0.350. The maximum atomic E-state index is 11.1. The molecule has 2 nitrogen and oxygen atoms in total. The van der Waals surface area contributed by atoms with Crippen molar-refractivity contribution in [1.82, 2.24) is 0 Å². The number of amides is 1. The first kappa shape index (κ1) is 13.8. The van der Waals surface area contributed by atoms with Crippen molar-refractivity contribution in [1.29, 1.82) is 0 Å². The monoisotopic (exact) mass is 485 g/mol. The first-order valence-corrected chi connectivity index (χ1v) is 8.02. The number of nitrogens with one attached hydrogen (secondary N) is 1. The summed E-state index contributed by atoms with van der Waals surface area (Å²) in [6.07, 6.45) is 0. The van der Waals surface area contributed by atoms with Gasteiger partial charge in [0, 0.05) is 20.4 Å². The van der Waals surface area contributed by atoms with E-state index >= 15 is 0 Å². The lowest BCUT2D eigenvalue weighted by molar-refractivity contribution is -0.114. The molecule has 0 heterocycles. The second-order valence-corrected chi connectivity index (χ2v) is 7.04. The molecule has 0 unspecified atom stereocenters. The Balaban J connectivity index is 2.54. The minimum Gasteiger partial charge on any atom is -0.325 e. The van der Waals surface area contributed by atoms with Gasteiger partial charge in [0.05, 0.1) is 10.5 Å². The Labute approximate surface area is 133 Å². The Bertz CT molecular complexity index is 539. The lowest BCUT2D eigenvalue weighted by Crippen LogP contribution is -2.07. The van der Waals surface area contributed by atoms with Gasteiger partial charge >= 0.3 is 0 Å². The van der Waals surface area contributed by atoms with Crippen LogP contribution in [0.4, 0.5) is 5.69 Å². The number of hydrogen-bond acceptors (Lipinski definition) is 1. The van der Waals surface area contributed by atoms with Crippen LogP contribution in [0, 0.1) is 0 Å². The van der Waals surface area contributed by atoms with Gasteiger partial charge in [-0.05, 0) is 55.1 Å². The van der Waals surface area contributed by atoms with Crippen molar-refractivity contribution >= 4 is 79.8 Å². The summed E-state index contributed by atoms with van der Waals surface area (Å²) >= 11 is 14.1. The SMILES string of the molecule is CC(=O)Nc1cc2c(cc1Br)[C@@H](Br)C(Br)=C2Br. The van der Waals surface area contributed by atoms with Crippen LogP contribution in [-0.4, -0.2) is 5.91 Å². The first-order valence-electron chi connectivity index (χ1n) is 4.72. The largest absolute Gasteiger partial charge is 0.325 e. The molecule has 6 heteroatoms. The third-order valence-corrected chi connectivity index (χ3v) is 6.85. The van der Waals surface area contributed by atoms with Gasteiger partial charge < -0.3 is 5.32 Å². The van der Waals surface area contributed by atoms with E-state index in [1.807, 2.05) is 12.1 Å². The zero-order valence-electron chi connectivity index (χ0n) is 8.65. The molecule has 0 bridgehead atoms. The molecule has 1 aromatic rings. The molecule has 0 spiro atoms. The number of allylic oxidation sites excluding steroid dienone is 1. The second kappa shape index (κ2) is 5.15. The van der Waals surface area contributed by atoms with Crippen LogP contribution in [0.2, 0.25) is 0 Å². The summed E-state index contributed by atoms with van der Waals surface area (Å²) in [6, 6.07) is 3.96. The quantitative estimate of drug-likeness (QED) is 0.533. The standard InChI is InChI=1S/C11H7Br4NO/c1-4(17)16-8-3-6-5(2-7(8)12)9(13)11(15)10(6)14/h2-3,9H,1H3,(H,16,17)/t9-/m1/s1. The van der Waals surface area contributed by atoms with E-state index in [2.05, 4.69) is 69.0 Å². The molecule has 0 aliphatic heterocycles. The molecule has 0 radical (unpaired) electrons. The van der Waals surface area contributed by atoms with E-state index in [1.54, 1.807) is 0 Å². The lowest BCUT2D eigenvalue weighted by atomic mass is 10.1. The normalized spacial score (nSPS) is 18.3. The molecule has 90 valence electrons. The van der Waals surface area contributed by atoms with Crippen molar-refractivity contribution in [2.45, 2.75) is 11.8 Å². The predicted octanol–water partition coefficient (Wildman–Crippen LogP) is 5.32. The van der Waals surface area contributed by atoms with E-state index in [1.165, 1.54) is 6.92 Å². The van der Waals surface area contributed by atoms with Gasteiger partial charge in [-0.3, -0.25) is 4.79 Å². The van der Waals surface area contributed by atoms with Gasteiger partial charge in [-0.2, -0.15) is 0 Å². The van der Waals surface area contributed by atoms with Crippen molar-refractivity contribution < 1.29 is 4.79 Å². The molecule has 0 aromatic heterocycles. The van der Waals surface area contributed by atoms with E-state index in [9.17, 15) is 4.79 Å². The van der Waals surface area contributed by atoms with Gasteiger partial charge in [-0.25, -0.2) is 0 Å². The summed E-state index contributed by atoms with van der Waals surface area (Å²) < 4.78 is 2.94. The van der Waals surface area contributed by atoms with Crippen molar-refractivity contribution in [3.05, 3.63) is 32.2 Å². The van der Waals surface area contributed by atoms with Crippen LogP contribution in [0.15, 0.2) is 21.1 Å². The molecule has 1 aromatic carbocycles. The summed E-state index contributed by atoms with van der Waals surface area (Å²) in [4.78, 5) is 11.2. The molecule has 1 aliphatic carbocycles. The number of hydrogen-bond donors (Lipinski definition) is 1. The van der Waals surface area contributed by atoms with Gasteiger partial charge in [0.1, 0.15) is 0 Å². The molecule has 1 atom stereocenters. The molecular weight excluding hydrogens is 482 g/mol. The zero-order valence-corrected chi connectivity index (χ0v) is 15.0. The van der Waals surface area contributed by atoms with Crippen LogP contribution in [0.5, 0.6) is 0 Å². The van der Waals surface area contributed by atoms with Crippen molar-refractivity contribution in [3.63, 3.8) is 0 Å². The highest BCUT2D eigenvalue weighted by Crippen LogP contribution is 2.52. The molecule has 1 amide bonds. The van der Waals surface area contributed by atoms with E-state index in [0.29, 0.717) is 0 Å². The first-order chi connectivity index (χ1) is 7.91. The maximum Gasteiger partial charge on any atom is 0.221 e. The third kappa shape index (κ3) is 2.55. The van der Waals surface area contributed by atoms with Crippen LogP contribution < -0.4 is 5.32 Å². The number of alkyl halides is 1. The fourth-order valence-corrected chi connectivity index (χ4v) is 4.06. The lowest BCUT2D eigenvalue weighted by Gasteiger charge is -2.10. The fraction of sp³-hybridized carbons (Fsp3) is 0.182. The van der Waals surface area contributed by atoms with Crippen molar-refractivity contribution in [2.75, 3.05) is 5.32 Å². The topological polar surface area (TPSA) is 29.1 Å². The van der Waals surface area contributed by atoms with Gasteiger partial charge in [0.15, 0.2) is 0 Å². The van der Waals surface area contributed by atoms with Gasteiger partial charge in [-0.15, -0.1) is 0 Å². The average molecular weight is 489 g/mol. The highest BCUT2D eigenvalue weighted by molar-refractivity contribution is 9.17. The molecule has 0 saturated carbocycles. The van der Waals surface area contributed by atoms with Gasteiger partial charge in [0.2, 0.25) is 5.91 Å². The number of fused-ring (bicyclic) bond motifs is 1. The smallest absolute Gasteiger partial charge is 0.221 e. The molecular formula is C11H7Br4NO. The maximum absolute atomic E-state index is 11.1. The second-order valence-electron chi connectivity index (χ2n) is 3.62. The number of carbonyl (C=O) groups excluding carboxylic acids is 1. The van der Waals surface area contributed by atoms with E-state index in [-0.39, 0.29) is 10.7 Å². The number of halogens is 4. The van der Waals surface area contributed by atoms with Crippen LogP contribution in [0.3, 0.4) is 0 Å². The Kier molecular flexibility index (Phi) is 4.17. The molecule has 1 aliphatic rings. The molecule has 2 rings (SSSR count). The number of rotatable bonds is 1. The third-order valence-electron chi connectivity index (χ3n) is 2.39. The minimum atomic E-state index is -0.0850. The predicted molar refractivity (Wildman–Crippen MR) is 84.9 cm³/mol. The van der Waals surface area contributed by atoms with Crippen LogP contribution in [0.1, 0.15) is 22.9 Å². The number of benzene rings is 1. The fourth-order valence-electron chi connectivity index (χ4n) is 1.65. The average Bonchev–Trinajstić information content (AvgIpc) is 2.45. The summed E-state index contributed by atoms with van der Waals surface area (Å²) in [6.45, 7) is 1.49. The van der Waals surface area contributed by atoms with E-state index in [4.69, 9.17) is 0 Å². The minimum absolute atomic E-state index is 0.0850. The molecule has 0 saturated heterocycles. The molecule has 17 heavy (non-hydrogen) atoms. The molecule has 0 fully saturated rings. The van der Waals surface area contributed by atoms with Gasteiger partial charge in [-0.1, -0.05) is 31.9 Å². The zero-order chi connectivity index (χ0) is 12.7. The Morgan fingerprint density at radius 3 is 2.53 bits per heavy atom. The van der Waals surface area contributed by atoms with Crippen LogP contribution in [-0.2, 0) is 4.79 Å². The Morgan fingerprint density at radius 1 is 1.29 bits per heavy atom. The van der Waals surface area contributed by atoms with Crippen molar-refractivity contribution in [2.24, 2.45) is 0 Å². The van der Waals surface area contributed by atoms with E-state index in [0.717, 1.165) is 30.3 Å². The van der Waals surface area contributed by atoms with Crippen molar-refractivity contribution in [3.8, 4) is 0 Å². The number of carbonyl (C=O) groups is 1. The molecule has 1 N–H and O–H groups in total. The van der Waals surface area contributed by atoms with Crippen LogP contribution >= 0.6 is 63.7 Å². The summed E-state index contributed by atoms with van der Waals surface area (Å²) in [5.74, 6) is -0.0850. The van der Waals surface area contributed by atoms with Gasteiger partial charge in [0.25, 0.3) is 0 Å². The summed E-state index contributed by atoms with van der Waals surface area (Å²) in [7, 11) is 0.